The molecule has 0 bridgehead atoms. The van der Waals surface area contributed by atoms with Crippen LogP contribution in [0.15, 0.2) is 29.2 Å². The van der Waals surface area contributed by atoms with Gasteiger partial charge >= 0.3 is 0 Å². The van der Waals surface area contributed by atoms with Gasteiger partial charge in [-0.2, -0.15) is 9.40 Å². The molecule has 1 aromatic heterocycles. The summed E-state index contributed by atoms with van der Waals surface area (Å²) in [5.41, 5.74) is 7.05. The van der Waals surface area contributed by atoms with Crippen molar-refractivity contribution in [2.75, 3.05) is 13.1 Å². The first kappa shape index (κ1) is 22.6. The van der Waals surface area contributed by atoms with Crippen molar-refractivity contribution >= 4 is 21.8 Å². The molecule has 0 radical (unpaired) electrons. The zero-order valence-electron chi connectivity index (χ0n) is 17.3. The van der Waals surface area contributed by atoms with Gasteiger partial charge in [0.25, 0.3) is 11.8 Å². The quantitative estimate of drug-likeness (QED) is 0.654. The van der Waals surface area contributed by atoms with Gasteiger partial charge in [-0.25, -0.2) is 8.42 Å². The molecule has 0 saturated heterocycles. The maximum Gasteiger partial charge on any atom is 0.269 e. The lowest BCUT2D eigenvalue weighted by molar-refractivity contribution is -0.122. The molecule has 0 saturated carbocycles. The zero-order valence-corrected chi connectivity index (χ0v) is 18.1. The van der Waals surface area contributed by atoms with E-state index < -0.39 is 21.8 Å². The van der Waals surface area contributed by atoms with Gasteiger partial charge in [0.2, 0.25) is 10.0 Å². The van der Waals surface area contributed by atoms with Gasteiger partial charge in [0, 0.05) is 24.3 Å². The molecule has 29 heavy (non-hydrogen) atoms. The first-order valence-electron chi connectivity index (χ1n) is 9.31. The number of rotatable bonds is 7. The number of carbonyl (C=O) groups is 2. The molecule has 2 N–H and O–H groups in total. The second-order valence-electron chi connectivity index (χ2n) is 6.65. The fourth-order valence-corrected chi connectivity index (χ4v) is 4.41. The lowest BCUT2D eigenvalue weighted by Gasteiger charge is -2.19. The average Bonchev–Trinajstić information content (AvgIpc) is 2.97. The third-order valence-corrected chi connectivity index (χ3v) is 6.55. The van der Waals surface area contributed by atoms with Crippen molar-refractivity contribution in [1.82, 2.24) is 24.9 Å². The highest BCUT2D eigenvalue weighted by atomic mass is 32.2. The highest BCUT2D eigenvalue weighted by Gasteiger charge is 2.23. The molecule has 0 spiro atoms. The van der Waals surface area contributed by atoms with Crippen molar-refractivity contribution in [2.24, 2.45) is 0 Å². The summed E-state index contributed by atoms with van der Waals surface area (Å²) >= 11 is 0. The van der Waals surface area contributed by atoms with Gasteiger partial charge in [-0.05, 0) is 44.5 Å². The van der Waals surface area contributed by atoms with Gasteiger partial charge in [0.1, 0.15) is 6.54 Å². The molecule has 2 aromatic rings. The first-order valence-corrected chi connectivity index (χ1v) is 10.7. The Hall–Kier alpha value is -2.72. The Kier molecular flexibility index (Phi) is 7.15. The molecule has 1 heterocycles. The topological polar surface area (TPSA) is 113 Å². The van der Waals surface area contributed by atoms with Crippen molar-refractivity contribution in [2.45, 2.75) is 46.1 Å². The Morgan fingerprint density at radius 3 is 2.28 bits per heavy atom. The molecule has 0 atom stereocenters. The Labute approximate surface area is 171 Å². The minimum atomic E-state index is -3.69. The third kappa shape index (κ3) is 5.21. The van der Waals surface area contributed by atoms with Crippen LogP contribution in [0.1, 0.15) is 41.2 Å². The summed E-state index contributed by atoms with van der Waals surface area (Å²) in [4.78, 5) is 24.7. The van der Waals surface area contributed by atoms with E-state index in [9.17, 15) is 18.0 Å². The summed E-state index contributed by atoms with van der Waals surface area (Å²) in [5.74, 6) is -1.05. The predicted octanol–water partition coefficient (Wildman–Crippen LogP) is 1.30. The van der Waals surface area contributed by atoms with E-state index in [0.717, 1.165) is 11.4 Å². The van der Waals surface area contributed by atoms with Gasteiger partial charge in [0.15, 0.2) is 0 Å². The summed E-state index contributed by atoms with van der Waals surface area (Å²) in [7, 11) is -3.69. The van der Waals surface area contributed by atoms with Gasteiger partial charge in [-0.1, -0.05) is 19.9 Å². The van der Waals surface area contributed by atoms with E-state index in [4.69, 9.17) is 0 Å². The highest BCUT2D eigenvalue weighted by molar-refractivity contribution is 7.89. The number of carbonyl (C=O) groups excluding carboxylic acids is 2. The summed E-state index contributed by atoms with van der Waals surface area (Å²) < 4.78 is 28.2. The summed E-state index contributed by atoms with van der Waals surface area (Å²) in [6, 6.07) is 6.21. The number of hydrazine groups is 1. The lowest BCUT2D eigenvalue weighted by Crippen LogP contribution is -2.43. The molecule has 9 nitrogen and oxygen atoms in total. The number of nitrogens with zero attached hydrogens (tertiary/aromatic N) is 3. The van der Waals surface area contributed by atoms with Gasteiger partial charge in [0.05, 0.1) is 10.6 Å². The van der Waals surface area contributed by atoms with Crippen LogP contribution in [0.3, 0.4) is 0 Å². The van der Waals surface area contributed by atoms with Crippen LogP contribution < -0.4 is 10.9 Å². The van der Waals surface area contributed by atoms with Crippen molar-refractivity contribution in [3.63, 3.8) is 0 Å². The fourth-order valence-electron chi connectivity index (χ4n) is 2.92. The second kappa shape index (κ2) is 9.19. The predicted molar refractivity (Wildman–Crippen MR) is 109 cm³/mol. The van der Waals surface area contributed by atoms with E-state index in [1.54, 1.807) is 26.8 Å². The number of hydrogen-bond donors (Lipinski definition) is 2. The van der Waals surface area contributed by atoms with Crippen LogP contribution in [-0.4, -0.2) is 47.4 Å². The molecular weight excluding hydrogens is 394 g/mol. The number of aryl methyl sites for hydroxylation is 3. The number of amides is 2. The Bertz CT molecular complexity index is 1010. The Balaban J connectivity index is 2.12. The molecule has 0 aliphatic carbocycles. The van der Waals surface area contributed by atoms with Crippen LogP contribution in [0.5, 0.6) is 0 Å². The Morgan fingerprint density at radius 2 is 1.72 bits per heavy atom. The molecule has 0 aliphatic heterocycles. The van der Waals surface area contributed by atoms with E-state index in [1.807, 2.05) is 19.9 Å². The van der Waals surface area contributed by atoms with Crippen molar-refractivity contribution in [3.05, 3.63) is 46.8 Å². The zero-order chi connectivity index (χ0) is 21.8. The van der Waals surface area contributed by atoms with E-state index in [0.29, 0.717) is 18.7 Å². The van der Waals surface area contributed by atoms with Gasteiger partial charge < -0.3 is 0 Å². The summed E-state index contributed by atoms with van der Waals surface area (Å²) in [5, 5.41) is 4.19. The SMILES string of the molecule is CCN(CC)S(=O)(=O)c1ccc(C)c(C(=O)NNC(=O)Cn2nc(C)cc2C)c1. The molecule has 2 amide bonds. The largest absolute Gasteiger partial charge is 0.271 e. The van der Waals surface area contributed by atoms with E-state index >= 15 is 0 Å². The minimum absolute atomic E-state index is 0.0333. The molecule has 158 valence electrons. The number of benzene rings is 1. The van der Waals surface area contributed by atoms with Crippen molar-refractivity contribution < 1.29 is 18.0 Å². The van der Waals surface area contributed by atoms with E-state index in [-0.39, 0.29) is 17.0 Å². The van der Waals surface area contributed by atoms with Crippen LogP contribution >= 0.6 is 0 Å². The van der Waals surface area contributed by atoms with Crippen LogP contribution in [-0.2, 0) is 21.4 Å². The van der Waals surface area contributed by atoms with Gasteiger partial charge in [-0.15, -0.1) is 0 Å². The number of nitrogens with one attached hydrogen (secondary N) is 2. The number of sulfonamides is 1. The van der Waals surface area contributed by atoms with E-state index in [2.05, 4.69) is 16.0 Å². The molecule has 0 aliphatic rings. The summed E-state index contributed by atoms with van der Waals surface area (Å²) in [6.45, 7) is 9.47. The maximum absolute atomic E-state index is 12.7. The van der Waals surface area contributed by atoms with Crippen molar-refractivity contribution in [3.8, 4) is 0 Å². The monoisotopic (exact) mass is 421 g/mol. The standard InChI is InChI=1S/C19H27N5O4S/c1-6-23(7-2)29(27,28)16-9-8-13(3)17(11-16)19(26)21-20-18(25)12-24-15(5)10-14(4)22-24/h8-11H,6-7,12H2,1-5H3,(H,20,25)(H,21,26). The second-order valence-corrected chi connectivity index (χ2v) is 8.59. The molecule has 1 aromatic carbocycles. The number of hydrogen-bond acceptors (Lipinski definition) is 5. The lowest BCUT2D eigenvalue weighted by atomic mass is 10.1. The minimum Gasteiger partial charge on any atom is -0.271 e. The number of aromatic nitrogens is 2. The normalized spacial score (nSPS) is 11.5. The van der Waals surface area contributed by atoms with Crippen LogP contribution in [0, 0.1) is 20.8 Å². The first-order chi connectivity index (χ1) is 13.6. The Morgan fingerprint density at radius 1 is 1.07 bits per heavy atom. The molecule has 2 rings (SSSR count). The third-order valence-electron chi connectivity index (χ3n) is 4.51. The van der Waals surface area contributed by atoms with Crippen LogP contribution in [0.25, 0.3) is 0 Å². The van der Waals surface area contributed by atoms with Crippen molar-refractivity contribution in [1.29, 1.82) is 0 Å². The van der Waals surface area contributed by atoms with Gasteiger partial charge in [-0.3, -0.25) is 25.1 Å². The maximum atomic E-state index is 12.7. The molecule has 0 unspecified atom stereocenters. The molecular formula is C19H27N5O4S. The smallest absolute Gasteiger partial charge is 0.269 e. The molecule has 10 heteroatoms. The highest BCUT2D eigenvalue weighted by Crippen LogP contribution is 2.19. The van der Waals surface area contributed by atoms with E-state index in [1.165, 1.54) is 21.1 Å². The summed E-state index contributed by atoms with van der Waals surface area (Å²) in [6.07, 6.45) is 0. The van der Waals surface area contributed by atoms with Crippen LogP contribution in [0.4, 0.5) is 0 Å². The average molecular weight is 422 g/mol. The molecule has 0 fully saturated rings. The fraction of sp³-hybridized carbons (Fsp3) is 0.421. The van der Waals surface area contributed by atoms with Crippen LogP contribution in [0.2, 0.25) is 0 Å².